The lowest BCUT2D eigenvalue weighted by atomic mass is 9.52. The summed E-state index contributed by atoms with van der Waals surface area (Å²) in [6.07, 6.45) is 8.72. The molecule has 8 unspecified atom stereocenters. The van der Waals surface area contributed by atoms with Crippen molar-refractivity contribution in [2.75, 3.05) is 0 Å². The van der Waals surface area contributed by atoms with Crippen LogP contribution in [-0.2, 0) is 9.53 Å². The molecule has 3 heteroatoms. The van der Waals surface area contributed by atoms with Crippen LogP contribution in [0.4, 0.5) is 0 Å². The van der Waals surface area contributed by atoms with Crippen molar-refractivity contribution < 1.29 is 14.6 Å². The molecule has 0 bridgehead atoms. The first-order valence-corrected chi connectivity index (χ1v) is 8.67. The summed E-state index contributed by atoms with van der Waals surface area (Å²) in [6, 6.07) is 0. The Hall–Kier alpha value is -0.670. The van der Waals surface area contributed by atoms with E-state index >= 15 is 0 Å². The van der Waals surface area contributed by atoms with Crippen LogP contribution < -0.4 is 0 Å². The first-order chi connectivity index (χ1) is 10.1. The average molecular weight is 288 g/mol. The Bertz CT molecular complexity index is 539. The minimum absolute atomic E-state index is 0.0988. The van der Waals surface area contributed by atoms with Crippen LogP contribution in [0.2, 0.25) is 0 Å². The fourth-order valence-electron chi connectivity index (χ4n) is 6.44. The number of epoxide rings is 1. The second-order valence-electron chi connectivity index (χ2n) is 8.28. The summed E-state index contributed by atoms with van der Waals surface area (Å²) in [5.41, 5.74) is 1.53. The lowest BCUT2D eigenvalue weighted by Crippen LogP contribution is -2.49. The van der Waals surface area contributed by atoms with Crippen molar-refractivity contribution >= 4 is 5.78 Å². The summed E-state index contributed by atoms with van der Waals surface area (Å²) in [5, 5.41) is 10.4. The van der Waals surface area contributed by atoms with Crippen LogP contribution in [0.5, 0.6) is 0 Å². The molecule has 5 aliphatic rings. The maximum atomic E-state index is 11.9. The second kappa shape index (κ2) is 3.99. The van der Waals surface area contributed by atoms with Crippen LogP contribution in [0.25, 0.3) is 0 Å². The second-order valence-corrected chi connectivity index (χ2v) is 8.28. The van der Waals surface area contributed by atoms with Gasteiger partial charge in [-0.1, -0.05) is 12.5 Å². The fraction of sp³-hybridized carbons (Fsp3) is 0.833. The number of aliphatic hydroxyl groups excluding tert-OH is 1. The standard InChI is InChI=1S/C18H24O3/c1-18-7-6-11-10(12(18)4-5-14(18)20)3-2-9-8-13(19)16-17(21-16)15(9)11/h8,10-12,14-17,20H,2-7H2,1H3. The van der Waals surface area contributed by atoms with Crippen LogP contribution in [0.15, 0.2) is 11.6 Å². The zero-order valence-electron chi connectivity index (χ0n) is 12.6. The molecule has 1 aliphatic heterocycles. The van der Waals surface area contributed by atoms with Gasteiger partial charge in [-0.3, -0.25) is 4.79 Å². The Morgan fingerprint density at radius 2 is 2.10 bits per heavy atom. The van der Waals surface area contributed by atoms with Crippen molar-refractivity contribution in [1.29, 1.82) is 0 Å². The molecule has 0 aromatic heterocycles. The van der Waals surface area contributed by atoms with Crippen molar-refractivity contribution in [3.63, 3.8) is 0 Å². The SMILES string of the molecule is CC12CCC3C(CCC4=CC(=O)C5OC5C43)C1CCC2O. The van der Waals surface area contributed by atoms with Gasteiger partial charge in [-0.05, 0) is 67.8 Å². The third kappa shape index (κ3) is 1.54. The topological polar surface area (TPSA) is 49.8 Å². The summed E-state index contributed by atoms with van der Waals surface area (Å²) in [4.78, 5) is 11.9. The number of hydrogen-bond donors (Lipinski definition) is 1. The number of rotatable bonds is 0. The van der Waals surface area contributed by atoms with Crippen LogP contribution >= 0.6 is 0 Å². The Labute approximate surface area is 125 Å². The average Bonchev–Trinajstić information content (AvgIpc) is 3.21. The smallest absolute Gasteiger partial charge is 0.187 e. The summed E-state index contributed by atoms with van der Waals surface area (Å²) in [7, 11) is 0. The normalized spacial score (nSPS) is 57.7. The molecule has 0 amide bonds. The predicted octanol–water partition coefficient (Wildman–Crippen LogP) is 2.48. The highest BCUT2D eigenvalue weighted by molar-refractivity contribution is 5.97. The van der Waals surface area contributed by atoms with E-state index in [0.29, 0.717) is 17.8 Å². The fourth-order valence-corrected chi connectivity index (χ4v) is 6.44. The molecule has 0 radical (unpaired) electrons. The molecule has 4 fully saturated rings. The summed E-state index contributed by atoms with van der Waals surface area (Å²) >= 11 is 0. The first-order valence-electron chi connectivity index (χ1n) is 8.67. The maximum absolute atomic E-state index is 11.9. The third-order valence-electron chi connectivity index (χ3n) is 7.59. The van der Waals surface area contributed by atoms with Crippen LogP contribution in [0.1, 0.15) is 45.4 Å². The van der Waals surface area contributed by atoms with Gasteiger partial charge >= 0.3 is 0 Å². The molecule has 0 spiro atoms. The van der Waals surface area contributed by atoms with E-state index in [1.54, 1.807) is 0 Å². The van der Waals surface area contributed by atoms with Gasteiger partial charge in [0, 0.05) is 5.92 Å². The Morgan fingerprint density at radius 3 is 2.95 bits per heavy atom. The van der Waals surface area contributed by atoms with Gasteiger partial charge in [0.25, 0.3) is 0 Å². The highest BCUT2D eigenvalue weighted by atomic mass is 16.6. The van der Waals surface area contributed by atoms with Gasteiger partial charge in [0.05, 0.1) is 12.2 Å². The van der Waals surface area contributed by atoms with Gasteiger partial charge in [0.1, 0.15) is 6.10 Å². The van der Waals surface area contributed by atoms with Crippen molar-refractivity contribution in [2.24, 2.45) is 29.1 Å². The van der Waals surface area contributed by atoms with Gasteiger partial charge in [0.15, 0.2) is 5.78 Å². The predicted molar refractivity (Wildman–Crippen MR) is 77.5 cm³/mol. The number of ketones is 1. The third-order valence-corrected chi connectivity index (χ3v) is 7.59. The zero-order chi connectivity index (χ0) is 14.4. The highest BCUT2D eigenvalue weighted by Gasteiger charge is 2.62. The van der Waals surface area contributed by atoms with E-state index in [4.69, 9.17) is 4.74 Å². The van der Waals surface area contributed by atoms with Gasteiger partial charge in [-0.2, -0.15) is 0 Å². The molecular weight excluding hydrogens is 264 g/mol. The van der Waals surface area contributed by atoms with Crippen molar-refractivity contribution in [3.05, 3.63) is 11.6 Å². The van der Waals surface area contributed by atoms with Crippen molar-refractivity contribution in [1.82, 2.24) is 0 Å². The van der Waals surface area contributed by atoms with Gasteiger partial charge in [-0.25, -0.2) is 0 Å². The molecule has 4 aliphatic carbocycles. The van der Waals surface area contributed by atoms with Crippen molar-refractivity contribution in [3.8, 4) is 0 Å². The number of fused-ring (bicyclic) bond motifs is 7. The molecule has 0 aromatic rings. The molecule has 114 valence electrons. The number of ether oxygens (including phenoxy) is 1. The van der Waals surface area contributed by atoms with E-state index < -0.39 is 0 Å². The van der Waals surface area contributed by atoms with Crippen LogP contribution in [-0.4, -0.2) is 29.2 Å². The summed E-state index contributed by atoms with van der Waals surface area (Å²) < 4.78 is 5.72. The van der Waals surface area contributed by atoms with Gasteiger partial charge < -0.3 is 9.84 Å². The molecule has 5 rings (SSSR count). The van der Waals surface area contributed by atoms with E-state index in [-0.39, 0.29) is 29.5 Å². The van der Waals surface area contributed by atoms with E-state index in [2.05, 4.69) is 6.92 Å². The molecule has 3 saturated carbocycles. The van der Waals surface area contributed by atoms with Gasteiger partial charge in [-0.15, -0.1) is 0 Å². The largest absolute Gasteiger partial charge is 0.393 e. The number of carbonyl (C=O) groups is 1. The number of hydrogen-bond acceptors (Lipinski definition) is 3. The Morgan fingerprint density at radius 1 is 1.24 bits per heavy atom. The van der Waals surface area contributed by atoms with Gasteiger partial charge in [0.2, 0.25) is 0 Å². The number of aliphatic hydroxyl groups is 1. The summed E-state index contributed by atoms with van der Waals surface area (Å²) in [5.74, 6) is 2.83. The van der Waals surface area contributed by atoms with Crippen molar-refractivity contribution in [2.45, 2.75) is 63.8 Å². The van der Waals surface area contributed by atoms with Crippen LogP contribution in [0.3, 0.4) is 0 Å². The van der Waals surface area contributed by atoms with E-state index in [0.717, 1.165) is 25.2 Å². The van der Waals surface area contributed by atoms with E-state index in [1.807, 2.05) is 6.08 Å². The van der Waals surface area contributed by atoms with E-state index in [1.165, 1.54) is 24.8 Å². The van der Waals surface area contributed by atoms with E-state index in [9.17, 15) is 9.90 Å². The Kier molecular flexibility index (Phi) is 2.44. The molecule has 1 saturated heterocycles. The molecule has 3 nitrogen and oxygen atoms in total. The molecule has 0 aromatic carbocycles. The zero-order valence-corrected chi connectivity index (χ0v) is 12.6. The summed E-state index contributed by atoms with van der Waals surface area (Å²) in [6.45, 7) is 2.32. The minimum Gasteiger partial charge on any atom is -0.393 e. The molecule has 1 N–H and O–H groups in total. The minimum atomic E-state index is -0.111. The van der Waals surface area contributed by atoms with Crippen LogP contribution in [0, 0.1) is 29.1 Å². The lowest BCUT2D eigenvalue weighted by Gasteiger charge is -2.52. The Balaban J connectivity index is 1.49. The molecule has 21 heavy (non-hydrogen) atoms. The molecule has 8 atom stereocenters. The number of carbonyl (C=O) groups excluding carboxylic acids is 1. The molecule has 1 heterocycles. The quantitative estimate of drug-likeness (QED) is 0.697. The highest BCUT2D eigenvalue weighted by Crippen LogP contribution is 2.63. The molecular formula is C18H24O3. The monoisotopic (exact) mass is 288 g/mol. The lowest BCUT2D eigenvalue weighted by molar-refractivity contribution is -0.116. The maximum Gasteiger partial charge on any atom is 0.187 e. The first kappa shape index (κ1) is 12.8.